The molecule has 2 aromatic carbocycles. The van der Waals surface area contributed by atoms with E-state index in [4.69, 9.17) is 20.8 Å². The zero-order valence-electron chi connectivity index (χ0n) is 14.2. The molecule has 0 saturated heterocycles. The molecule has 0 radical (unpaired) electrons. The second kappa shape index (κ2) is 9.43. The minimum atomic E-state index is -0.142. The Hall–Kier alpha value is -1.78. The van der Waals surface area contributed by atoms with E-state index in [0.29, 0.717) is 21.9 Å². The molecule has 140 valence electrons. The van der Waals surface area contributed by atoms with Gasteiger partial charge < -0.3 is 14.5 Å². The van der Waals surface area contributed by atoms with Gasteiger partial charge in [-0.05, 0) is 65.4 Å². The van der Waals surface area contributed by atoms with E-state index in [1.807, 2.05) is 37.3 Å². The van der Waals surface area contributed by atoms with E-state index in [1.54, 1.807) is 12.1 Å². The summed E-state index contributed by atoms with van der Waals surface area (Å²) in [4.78, 5) is 12.1. The number of nitrogens with one attached hydrogen (secondary N) is 1. The number of anilines is 1. The quantitative estimate of drug-likeness (QED) is 0.355. The van der Waals surface area contributed by atoms with Crippen LogP contribution in [0.4, 0.5) is 5.69 Å². The lowest BCUT2D eigenvalue weighted by molar-refractivity contribution is -0.113. The van der Waals surface area contributed by atoms with Crippen LogP contribution in [0.15, 0.2) is 52.1 Å². The second-order valence-electron chi connectivity index (χ2n) is 5.48. The first-order valence-electron chi connectivity index (χ1n) is 7.90. The van der Waals surface area contributed by atoms with Crippen molar-refractivity contribution in [3.63, 3.8) is 0 Å². The lowest BCUT2D eigenvalue weighted by Gasteiger charge is -2.07. The van der Waals surface area contributed by atoms with E-state index < -0.39 is 0 Å². The van der Waals surface area contributed by atoms with Gasteiger partial charge in [0.1, 0.15) is 5.75 Å². The number of thioether (sulfide) groups is 1. The topological polar surface area (TPSA) is 77.2 Å². The molecule has 0 fully saturated rings. The van der Waals surface area contributed by atoms with Crippen molar-refractivity contribution >= 4 is 57.5 Å². The number of carbonyl (C=O) groups excluding carboxylic acids is 1. The Kier molecular flexibility index (Phi) is 6.97. The van der Waals surface area contributed by atoms with Crippen LogP contribution in [0.25, 0.3) is 0 Å². The molecule has 0 saturated carbocycles. The lowest BCUT2D eigenvalue weighted by atomic mass is 10.2. The number of amides is 1. The van der Waals surface area contributed by atoms with Gasteiger partial charge in [-0.2, -0.15) is 0 Å². The minimum Gasteiger partial charge on any atom is -0.482 e. The van der Waals surface area contributed by atoms with Crippen LogP contribution in [-0.4, -0.2) is 21.9 Å². The van der Waals surface area contributed by atoms with Gasteiger partial charge in [-0.3, -0.25) is 4.79 Å². The predicted molar refractivity (Wildman–Crippen MR) is 113 cm³/mol. The molecule has 1 aromatic heterocycles. The molecule has 3 aromatic rings. The molecule has 27 heavy (non-hydrogen) atoms. The Balaban J connectivity index is 1.49. The molecule has 1 amide bonds. The summed E-state index contributed by atoms with van der Waals surface area (Å²) in [6, 6.07) is 13.0. The number of halogens is 2. The number of carbonyl (C=O) groups is 1. The van der Waals surface area contributed by atoms with Gasteiger partial charge in [-0.1, -0.05) is 35.5 Å². The smallest absolute Gasteiger partial charge is 0.277 e. The molecule has 0 aliphatic heterocycles. The van der Waals surface area contributed by atoms with E-state index >= 15 is 0 Å². The second-order valence-corrected chi connectivity index (χ2v) is 8.06. The fourth-order valence-corrected chi connectivity index (χ4v) is 3.55. The summed E-state index contributed by atoms with van der Waals surface area (Å²) in [5, 5.41) is 11.5. The normalized spacial score (nSPS) is 10.6. The van der Waals surface area contributed by atoms with Crippen molar-refractivity contribution in [1.29, 1.82) is 0 Å². The van der Waals surface area contributed by atoms with Crippen LogP contribution >= 0.6 is 46.0 Å². The highest BCUT2D eigenvalue weighted by atomic mass is 127. The number of hydrogen-bond donors (Lipinski definition) is 1. The Morgan fingerprint density at radius 1 is 1.30 bits per heavy atom. The fourth-order valence-electron chi connectivity index (χ4n) is 2.14. The molecule has 0 aliphatic carbocycles. The third-order valence-corrected chi connectivity index (χ3v) is 5.23. The van der Waals surface area contributed by atoms with Crippen LogP contribution in [0.5, 0.6) is 5.75 Å². The van der Waals surface area contributed by atoms with E-state index in [0.717, 1.165) is 14.8 Å². The first kappa shape index (κ1) is 20.0. The average molecular weight is 516 g/mol. The van der Waals surface area contributed by atoms with Crippen molar-refractivity contribution < 1.29 is 13.9 Å². The summed E-state index contributed by atoms with van der Waals surface area (Å²) in [5.74, 6) is 0.875. The van der Waals surface area contributed by atoms with E-state index in [9.17, 15) is 4.79 Å². The maximum absolute atomic E-state index is 12.1. The van der Waals surface area contributed by atoms with Crippen molar-refractivity contribution in [2.45, 2.75) is 18.8 Å². The molecule has 3 rings (SSSR count). The highest BCUT2D eigenvalue weighted by Gasteiger charge is 2.12. The number of para-hydroxylation sites is 1. The van der Waals surface area contributed by atoms with Crippen molar-refractivity contribution in [2.24, 2.45) is 0 Å². The number of hydrogen-bond acceptors (Lipinski definition) is 6. The first-order valence-corrected chi connectivity index (χ1v) is 10.3. The molecule has 0 unspecified atom stereocenters. The van der Waals surface area contributed by atoms with Gasteiger partial charge in [0, 0.05) is 9.26 Å². The molecule has 9 heteroatoms. The van der Waals surface area contributed by atoms with Gasteiger partial charge in [0.25, 0.3) is 11.1 Å². The molecule has 0 bridgehead atoms. The molecule has 0 aliphatic rings. The number of benzene rings is 2. The molecule has 1 heterocycles. The van der Waals surface area contributed by atoms with Gasteiger partial charge in [0.2, 0.25) is 5.91 Å². The Morgan fingerprint density at radius 3 is 2.89 bits per heavy atom. The van der Waals surface area contributed by atoms with Gasteiger partial charge in [-0.25, -0.2) is 0 Å². The lowest BCUT2D eigenvalue weighted by Crippen LogP contribution is -2.14. The Morgan fingerprint density at radius 2 is 2.11 bits per heavy atom. The van der Waals surface area contributed by atoms with Crippen molar-refractivity contribution in [3.05, 3.63) is 62.5 Å². The Labute approximate surface area is 179 Å². The van der Waals surface area contributed by atoms with E-state index in [1.165, 1.54) is 11.8 Å². The SMILES string of the molecule is Cc1cc(I)ccc1NC(=O)CSc1nnc(COc2ccccc2Cl)o1. The summed E-state index contributed by atoms with van der Waals surface area (Å²) in [6.07, 6.45) is 0. The number of ether oxygens (including phenoxy) is 1. The van der Waals surface area contributed by atoms with Crippen molar-refractivity contribution in [3.8, 4) is 5.75 Å². The molecular formula is C18H15ClIN3O3S. The third kappa shape index (κ3) is 5.85. The summed E-state index contributed by atoms with van der Waals surface area (Å²) < 4.78 is 12.1. The fraction of sp³-hybridized carbons (Fsp3) is 0.167. The van der Waals surface area contributed by atoms with Crippen LogP contribution in [-0.2, 0) is 11.4 Å². The van der Waals surface area contributed by atoms with Crippen LogP contribution in [0.3, 0.4) is 0 Å². The van der Waals surface area contributed by atoms with E-state index in [-0.39, 0.29) is 18.3 Å². The predicted octanol–water partition coefficient (Wildman–Crippen LogP) is 4.95. The van der Waals surface area contributed by atoms with Gasteiger partial charge in [0.05, 0.1) is 10.8 Å². The van der Waals surface area contributed by atoms with E-state index in [2.05, 4.69) is 38.1 Å². The average Bonchev–Trinajstić information content (AvgIpc) is 3.10. The summed E-state index contributed by atoms with van der Waals surface area (Å²) in [7, 11) is 0. The van der Waals surface area contributed by atoms with Gasteiger partial charge >= 0.3 is 0 Å². The maximum Gasteiger partial charge on any atom is 0.277 e. The maximum atomic E-state index is 12.1. The summed E-state index contributed by atoms with van der Waals surface area (Å²) >= 11 is 9.43. The van der Waals surface area contributed by atoms with Crippen LogP contribution in [0.2, 0.25) is 5.02 Å². The molecule has 1 N–H and O–H groups in total. The zero-order chi connectivity index (χ0) is 19.2. The molecule has 0 spiro atoms. The highest BCUT2D eigenvalue weighted by Crippen LogP contribution is 2.24. The number of aryl methyl sites for hydroxylation is 1. The minimum absolute atomic E-state index is 0.103. The number of rotatable bonds is 7. The van der Waals surface area contributed by atoms with Crippen molar-refractivity contribution in [1.82, 2.24) is 10.2 Å². The zero-order valence-corrected chi connectivity index (χ0v) is 18.0. The van der Waals surface area contributed by atoms with Crippen LogP contribution in [0, 0.1) is 10.5 Å². The molecule has 0 atom stereocenters. The Bertz CT molecular complexity index is 951. The monoisotopic (exact) mass is 515 g/mol. The van der Waals surface area contributed by atoms with Crippen molar-refractivity contribution in [2.75, 3.05) is 11.1 Å². The molecular weight excluding hydrogens is 501 g/mol. The molecule has 6 nitrogen and oxygen atoms in total. The van der Waals surface area contributed by atoms with Gasteiger partial charge in [0.15, 0.2) is 6.61 Å². The summed E-state index contributed by atoms with van der Waals surface area (Å²) in [5.41, 5.74) is 1.80. The van der Waals surface area contributed by atoms with Crippen LogP contribution in [0.1, 0.15) is 11.5 Å². The highest BCUT2D eigenvalue weighted by molar-refractivity contribution is 14.1. The standard InChI is InChI=1S/C18H15ClIN3O3S/c1-11-8-12(20)6-7-14(11)21-16(24)10-27-18-23-22-17(26-18)9-25-15-5-3-2-4-13(15)19/h2-8H,9-10H2,1H3,(H,21,24). The number of nitrogens with zero attached hydrogens (tertiary/aromatic N) is 2. The summed E-state index contributed by atoms with van der Waals surface area (Å²) in [6.45, 7) is 2.06. The van der Waals surface area contributed by atoms with Crippen LogP contribution < -0.4 is 10.1 Å². The number of aromatic nitrogens is 2. The first-order chi connectivity index (χ1) is 13.0. The third-order valence-electron chi connectivity index (χ3n) is 3.43. The van der Waals surface area contributed by atoms with Gasteiger partial charge in [-0.15, -0.1) is 10.2 Å². The largest absolute Gasteiger partial charge is 0.482 e.